The van der Waals surface area contributed by atoms with Crippen molar-refractivity contribution in [1.29, 1.82) is 0 Å². The Hall–Kier alpha value is -6.85. The Bertz CT molecular complexity index is 3070. The molecule has 0 aliphatic rings. The van der Waals surface area contributed by atoms with Gasteiger partial charge in [0.2, 0.25) is 5.95 Å². The van der Waals surface area contributed by atoms with Crippen molar-refractivity contribution in [3.8, 4) is 45.5 Å². The van der Waals surface area contributed by atoms with Gasteiger partial charge in [-0.1, -0.05) is 148 Å². The zero-order chi connectivity index (χ0) is 39.0. The highest BCUT2D eigenvalue weighted by molar-refractivity contribution is 6.23. The standard InChI is InChI=1S/C53H45N5/c1-3-5-17-36-27-31-47-45(33-36)43-29-30-44-46-34-37(18-6-4-2)28-32-48(46)58(50(44)49(43)57(47)42-25-14-9-15-26-42)53-55-51(39-21-12-8-13-22-39)54-52(56-53)41-24-16-23-40(35-41)38-19-10-7-11-20-38/h7-16,19-35H,3-6,17-18H2,1-2H3. The fourth-order valence-electron chi connectivity index (χ4n) is 8.60. The van der Waals surface area contributed by atoms with E-state index >= 15 is 0 Å². The molecular weight excluding hydrogens is 707 g/mol. The number of para-hydroxylation sites is 1. The fourth-order valence-corrected chi connectivity index (χ4v) is 8.60. The molecule has 5 nitrogen and oxygen atoms in total. The number of aromatic nitrogens is 5. The molecular formula is C53H45N5. The van der Waals surface area contributed by atoms with E-state index in [1.165, 1.54) is 51.0 Å². The molecule has 7 aromatic carbocycles. The normalized spacial score (nSPS) is 11.7. The third-order valence-electron chi connectivity index (χ3n) is 11.5. The molecule has 10 rings (SSSR count). The van der Waals surface area contributed by atoms with E-state index in [-0.39, 0.29) is 0 Å². The average Bonchev–Trinajstić information content (AvgIpc) is 3.80. The molecule has 0 amide bonds. The van der Waals surface area contributed by atoms with Crippen molar-refractivity contribution in [2.24, 2.45) is 0 Å². The number of rotatable bonds is 11. The Morgan fingerprint density at radius 2 is 0.897 bits per heavy atom. The molecule has 0 fully saturated rings. The molecule has 0 atom stereocenters. The monoisotopic (exact) mass is 751 g/mol. The maximum absolute atomic E-state index is 5.42. The molecule has 3 aromatic heterocycles. The van der Waals surface area contributed by atoms with Crippen LogP contribution < -0.4 is 0 Å². The summed E-state index contributed by atoms with van der Waals surface area (Å²) in [4.78, 5) is 16.0. The van der Waals surface area contributed by atoms with Gasteiger partial charge in [0.1, 0.15) is 0 Å². The van der Waals surface area contributed by atoms with Crippen LogP contribution in [0.15, 0.2) is 164 Å². The summed E-state index contributed by atoms with van der Waals surface area (Å²) in [5.41, 5.74) is 12.5. The average molecular weight is 752 g/mol. The van der Waals surface area contributed by atoms with E-state index in [0.29, 0.717) is 17.6 Å². The number of fused-ring (bicyclic) bond motifs is 7. The summed E-state index contributed by atoms with van der Waals surface area (Å²) in [6.45, 7) is 4.52. The number of nitrogens with zero attached hydrogens (tertiary/aromatic N) is 5. The lowest BCUT2D eigenvalue weighted by molar-refractivity contribution is 0.796. The van der Waals surface area contributed by atoms with Gasteiger partial charge in [-0.3, -0.25) is 4.57 Å². The zero-order valence-electron chi connectivity index (χ0n) is 33.1. The molecule has 3 heterocycles. The van der Waals surface area contributed by atoms with E-state index in [9.17, 15) is 0 Å². The van der Waals surface area contributed by atoms with E-state index in [1.54, 1.807) is 0 Å². The van der Waals surface area contributed by atoms with Crippen molar-refractivity contribution >= 4 is 43.6 Å². The fraction of sp³-hybridized carbons (Fsp3) is 0.151. The first-order chi connectivity index (χ1) is 28.7. The van der Waals surface area contributed by atoms with E-state index in [4.69, 9.17) is 15.0 Å². The molecule has 0 spiro atoms. The van der Waals surface area contributed by atoms with Crippen LogP contribution in [-0.2, 0) is 12.8 Å². The Labute approximate surface area is 339 Å². The Morgan fingerprint density at radius 1 is 0.397 bits per heavy atom. The Balaban J connectivity index is 1.32. The van der Waals surface area contributed by atoms with Gasteiger partial charge in [0.05, 0.1) is 22.1 Å². The van der Waals surface area contributed by atoms with Crippen LogP contribution >= 0.6 is 0 Å². The lowest BCUT2D eigenvalue weighted by atomic mass is 10.0. The van der Waals surface area contributed by atoms with E-state index in [1.807, 2.05) is 18.2 Å². The van der Waals surface area contributed by atoms with Gasteiger partial charge < -0.3 is 4.57 Å². The van der Waals surface area contributed by atoms with Crippen molar-refractivity contribution in [2.75, 3.05) is 0 Å². The molecule has 0 N–H and O–H groups in total. The van der Waals surface area contributed by atoms with Crippen molar-refractivity contribution in [2.45, 2.75) is 52.4 Å². The minimum Gasteiger partial charge on any atom is -0.307 e. The smallest absolute Gasteiger partial charge is 0.238 e. The van der Waals surface area contributed by atoms with Crippen LogP contribution in [0.2, 0.25) is 0 Å². The molecule has 0 saturated heterocycles. The number of benzene rings is 7. The summed E-state index contributed by atoms with van der Waals surface area (Å²) in [7, 11) is 0. The van der Waals surface area contributed by atoms with Crippen molar-refractivity contribution < 1.29 is 0 Å². The van der Waals surface area contributed by atoms with Crippen molar-refractivity contribution in [3.05, 3.63) is 175 Å². The molecule has 282 valence electrons. The highest BCUT2D eigenvalue weighted by Crippen LogP contribution is 2.42. The quantitative estimate of drug-likeness (QED) is 0.132. The largest absolute Gasteiger partial charge is 0.307 e. The molecule has 0 bridgehead atoms. The summed E-state index contributed by atoms with van der Waals surface area (Å²) < 4.78 is 4.76. The summed E-state index contributed by atoms with van der Waals surface area (Å²) >= 11 is 0. The minimum absolute atomic E-state index is 0.594. The molecule has 0 radical (unpaired) electrons. The molecule has 10 aromatic rings. The van der Waals surface area contributed by atoms with Gasteiger partial charge in [0.15, 0.2) is 11.6 Å². The van der Waals surface area contributed by atoms with Gasteiger partial charge in [-0.25, -0.2) is 4.98 Å². The summed E-state index contributed by atoms with van der Waals surface area (Å²) in [5, 5.41) is 4.86. The van der Waals surface area contributed by atoms with Gasteiger partial charge in [-0.15, -0.1) is 0 Å². The second-order valence-electron chi connectivity index (χ2n) is 15.4. The lowest BCUT2D eigenvalue weighted by Gasteiger charge is -2.13. The predicted molar refractivity (Wildman–Crippen MR) is 242 cm³/mol. The second kappa shape index (κ2) is 15.2. The van der Waals surface area contributed by atoms with Gasteiger partial charge in [0, 0.05) is 38.4 Å². The topological polar surface area (TPSA) is 48.5 Å². The van der Waals surface area contributed by atoms with Crippen LogP contribution in [-0.4, -0.2) is 24.1 Å². The maximum atomic E-state index is 5.42. The van der Waals surface area contributed by atoms with Crippen LogP contribution in [0.5, 0.6) is 0 Å². The van der Waals surface area contributed by atoms with E-state index in [2.05, 4.69) is 169 Å². The highest BCUT2D eigenvalue weighted by Gasteiger charge is 2.24. The highest BCUT2D eigenvalue weighted by atomic mass is 15.2. The number of hydrogen-bond acceptors (Lipinski definition) is 3. The number of aryl methyl sites for hydroxylation is 2. The Morgan fingerprint density at radius 3 is 1.50 bits per heavy atom. The molecule has 0 unspecified atom stereocenters. The SMILES string of the molecule is CCCCc1ccc2c(c1)c1ccc3c4cc(CCCC)ccc4n(-c4nc(-c5ccccc5)nc(-c5cccc(-c6ccccc6)c5)n4)c3c1n2-c1ccccc1. The van der Waals surface area contributed by atoms with Crippen LogP contribution in [0, 0.1) is 0 Å². The predicted octanol–water partition coefficient (Wildman–Crippen LogP) is 13.8. The summed E-state index contributed by atoms with van der Waals surface area (Å²) in [5.74, 6) is 1.86. The first-order valence-electron chi connectivity index (χ1n) is 20.7. The third-order valence-corrected chi connectivity index (χ3v) is 11.5. The molecule has 0 aliphatic carbocycles. The number of hydrogen-bond donors (Lipinski definition) is 0. The van der Waals surface area contributed by atoms with Crippen molar-refractivity contribution in [1.82, 2.24) is 24.1 Å². The zero-order valence-corrected chi connectivity index (χ0v) is 33.1. The number of unbranched alkanes of at least 4 members (excludes halogenated alkanes) is 2. The van der Waals surface area contributed by atoms with Gasteiger partial charge >= 0.3 is 0 Å². The van der Waals surface area contributed by atoms with Gasteiger partial charge in [-0.2, -0.15) is 9.97 Å². The second-order valence-corrected chi connectivity index (χ2v) is 15.4. The van der Waals surface area contributed by atoms with Gasteiger partial charge in [-0.05, 0) is 90.4 Å². The van der Waals surface area contributed by atoms with E-state index in [0.717, 1.165) is 70.2 Å². The van der Waals surface area contributed by atoms with Crippen LogP contribution in [0.25, 0.3) is 89.2 Å². The minimum atomic E-state index is 0.594. The maximum Gasteiger partial charge on any atom is 0.238 e. The molecule has 58 heavy (non-hydrogen) atoms. The Kier molecular flexibility index (Phi) is 9.34. The van der Waals surface area contributed by atoms with Crippen LogP contribution in [0.4, 0.5) is 0 Å². The molecule has 0 saturated carbocycles. The van der Waals surface area contributed by atoms with Gasteiger partial charge in [0.25, 0.3) is 0 Å². The first-order valence-corrected chi connectivity index (χ1v) is 20.7. The van der Waals surface area contributed by atoms with Crippen LogP contribution in [0.1, 0.15) is 50.7 Å². The third kappa shape index (κ3) is 6.33. The summed E-state index contributed by atoms with van der Waals surface area (Å²) in [6, 6.07) is 58.8. The lowest BCUT2D eigenvalue weighted by Crippen LogP contribution is -2.07. The first kappa shape index (κ1) is 35.6. The van der Waals surface area contributed by atoms with Crippen molar-refractivity contribution in [3.63, 3.8) is 0 Å². The molecule has 0 aliphatic heterocycles. The van der Waals surface area contributed by atoms with Crippen LogP contribution in [0.3, 0.4) is 0 Å². The van der Waals surface area contributed by atoms with E-state index < -0.39 is 0 Å². The molecule has 5 heteroatoms. The summed E-state index contributed by atoms with van der Waals surface area (Å²) in [6.07, 6.45) is 6.74.